The van der Waals surface area contributed by atoms with E-state index in [4.69, 9.17) is 0 Å². The molecule has 1 aromatic heterocycles. The van der Waals surface area contributed by atoms with Gasteiger partial charge in [0.2, 0.25) is 5.91 Å². The molecule has 0 saturated carbocycles. The zero-order valence-electron chi connectivity index (χ0n) is 12.7. The Hall–Kier alpha value is -1.45. The van der Waals surface area contributed by atoms with Crippen molar-refractivity contribution in [2.75, 3.05) is 13.7 Å². The Kier molecular flexibility index (Phi) is 6.98. The first-order valence-electron chi connectivity index (χ1n) is 6.72. The van der Waals surface area contributed by atoms with Gasteiger partial charge in [-0.15, -0.1) is 11.3 Å². The molecule has 9 heteroatoms. The molecule has 0 fully saturated rings. The van der Waals surface area contributed by atoms with Gasteiger partial charge in [0.25, 0.3) is 10.0 Å². The summed E-state index contributed by atoms with van der Waals surface area (Å²) in [4.78, 5) is 23.5. The number of thiophene rings is 1. The summed E-state index contributed by atoms with van der Waals surface area (Å²) < 4.78 is 30.8. The molecule has 0 aliphatic heterocycles. The van der Waals surface area contributed by atoms with Crippen molar-refractivity contribution in [3.05, 3.63) is 17.5 Å². The number of methoxy groups -OCH3 is 1. The largest absolute Gasteiger partial charge is 0.467 e. The van der Waals surface area contributed by atoms with Crippen molar-refractivity contribution in [3.63, 3.8) is 0 Å². The number of hydrogen-bond acceptors (Lipinski definition) is 6. The van der Waals surface area contributed by atoms with Crippen molar-refractivity contribution in [1.29, 1.82) is 0 Å². The van der Waals surface area contributed by atoms with E-state index in [1.807, 2.05) is 6.92 Å². The first-order chi connectivity index (χ1) is 10.3. The van der Waals surface area contributed by atoms with Crippen LogP contribution in [0.4, 0.5) is 0 Å². The lowest BCUT2D eigenvalue weighted by Crippen LogP contribution is -2.48. The van der Waals surface area contributed by atoms with Crippen molar-refractivity contribution in [3.8, 4) is 0 Å². The van der Waals surface area contributed by atoms with Gasteiger partial charge in [-0.3, -0.25) is 4.79 Å². The molecule has 1 amide bonds. The van der Waals surface area contributed by atoms with Crippen LogP contribution in [0.5, 0.6) is 0 Å². The SMILES string of the molecule is CC[C@@H](C)[C@H](NC(=O)CNS(=O)(=O)c1cccs1)C(=O)OC. The van der Waals surface area contributed by atoms with E-state index >= 15 is 0 Å². The molecule has 7 nitrogen and oxygen atoms in total. The number of sulfonamides is 1. The molecule has 124 valence electrons. The Morgan fingerprint density at radius 2 is 2.09 bits per heavy atom. The van der Waals surface area contributed by atoms with Crippen LogP contribution in [0.2, 0.25) is 0 Å². The molecule has 1 heterocycles. The van der Waals surface area contributed by atoms with E-state index in [-0.39, 0.29) is 10.1 Å². The van der Waals surface area contributed by atoms with Crippen molar-refractivity contribution >= 4 is 33.2 Å². The van der Waals surface area contributed by atoms with Crippen LogP contribution in [0.25, 0.3) is 0 Å². The number of rotatable bonds is 8. The molecule has 0 aliphatic rings. The highest BCUT2D eigenvalue weighted by atomic mass is 32.2. The van der Waals surface area contributed by atoms with Crippen LogP contribution in [0.3, 0.4) is 0 Å². The first-order valence-corrected chi connectivity index (χ1v) is 9.08. The van der Waals surface area contributed by atoms with Gasteiger partial charge in [0.1, 0.15) is 10.3 Å². The maximum absolute atomic E-state index is 11.9. The molecule has 0 unspecified atom stereocenters. The normalized spacial score (nSPS) is 14.1. The molecule has 1 aromatic rings. The average Bonchev–Trinajstić information content (AvgIpc) is 3.04. The second kappa shape index (κ2) is 8.25. The molecule has 0 radical (unpaired) electrons. The molecule has 1 rings (SSSR count). The van der Waals surface area contributed by atoms with Gasteiger partial charge in [0.15, 0.2) is 0 Å². The molecule has 0 aliphatic carbocycles. The van der Waals surface area contributed by atoms with Crippen LogP contribution in [0.1, 0.15) is 20.3 Å². The number of carbonyl (C=O) groups excluding carboxylic acids is 2. The van der Waals surface area contributed by atoms with E-state index in [0.717, 1.165) is 11.3 Å². The summed E-state index contributed by atoms with van der Waals surface area (Å²) in [5.74, 6) is -1.26. The summed E-state index contributed by atoms with van der Waals surface area (Å²) in [5.41, 5.74) is 0. The zero-order valence-corrected chi connectivity index (χ0v) is 14.3. The molecule has 2 N–H and O–H groups in total. The second-order valence-electron chi connectivity index (χ2n) is 4.71. The van der Waals surface area contributed by atoms with Crippen molar-refractivity contribution in [2.45, 2.75) is 30.5 Å². The van der Waals surface area contributed by atoms with E-state index in [0.29, 0.717) is 6.42 Å². The van der Waals surface area contributed by atoms with Crippen molar-refractivity contribution in [1.82, 2.24) is 10.0 Å². The topological polar surface area (TPSA) is 102 Å². The summed E-state index contributed by atoms with van der Waals surface area (Å²) in [5, 5.41) is 4.13. The minimum absolute atomic E-state index is 0.120. The third-order valence-corrected chi connectivity index (χ3v) is 5.97. The maximum atomic E-state index is 11.9. The predicted octanol–water partition coefficient (Wildman–Crippen LogP) is 0.730. The van der Waals surface area contributed by atoms with E-state index in [9.17, 15) is 18.0 Å². The van der Waals surface area contributed by atoms with Crippen LogP contribution in [0, 0.1) is 5.92 Å². The predicted molar refractivity (Wildman–Crippen MR) is 82.9 cm³/mol. The van der Waals surface area contributed by atoms with Crippen LogP contribution in [0.15, 0.2) is 21.7 Å². The van der Waals surface area contributed by atoms with Gasteiger partial charge in [-0.05, 0) is 17.4 Å². The molecule has 0 saturated heterocycles. The van der Waals surface area contributed by atoms with Gasteiger partial charge in [-0.2, -0.15) is 0 Å². The minimum Gasteiger partial charge on any atom is -0.467 e. The number of amides is 1. The summed E-state index contributed by atoms with van der Waals surface area (Å²) >= 11 is 1.06. The Morgan fingerprint density at radius 3 is 2.59 bits per heavy atom. The molecule has 0 bridgehead atoms. The van der Waals surface area contributed by atoms with E-state index < -0.39 is 34.5 Å². The van der Waals surface area contributed by atoms with Gasteiger partial charge in [0, 0.05) is 0 Å². The quantitative estimate of drug-likeness (QED) is 0.675. The van der Waals surface area contributed by atoms with E-state index in [2.05, 4.69) is 14.8 Å². The van der Waals surface area contributed by atoms with Gasteiger partial charge < -0.3 is 10.1 Å². The highest BCUT2D eigenvalue weighted by Gasteiger charge is 2.27. The fraction of sp³-hybridized carbons (Fsp3) is 0.538. The molecular weight excluding hydrogens is 328 g/mol. The number of hydrogen-bond donors (Lipinski definition) is 2. The highest BCUT2D eigenvalue weighted by molar-refractivity contribution is 7.91. The molecule has 0 spiro atoms. The van der Waals surface area contributed by atoms with Crippen molar-refractivity contribution in [2.24, 2.45) is 5.92 Å². The fourth-order valence-electron chi connectivity index (χ4n) is 1.67. The fourth-order valence-corrected chi connectivity index (χ4v) is 3.69. The first kappa shape index (κ1) is 18.6. The molecule has 22 heavy (non-hydrogen) atoms. The average molecular weight is 348 g/mol. The van der Waals surface area contributed by atoms with E-state index in [1.54, 1.807) is 18.4 Å². The Morgan fingerprint density at radius 1 is 1.41 bits per heavy atom. The highest BCUT2D eigenvalue weighted by Crippen LogP contribution is 2.15. The van der Waals surface area contributed by atoms with Crippen molar-refractivity contribution < 1.29 is 22.7 Å². The zero-order chi connectivity index (χ0) is 16.8. The standard InChI is InChI=1S/C13H20N2O5S2/c1-4-9(2)12(13(17)20-3)15-10(16)8-14-22(18,19)11-6-5-7-21-11/h5-7,9,12,14H,4,8H2,1-3H3,(H,15,16)/t9-,12+/m1/s1. The van der Waals surface area contributed by atoms with Gasteiger partial charge in [-0.1, -0.05) is 26.3 Å². The third-order valence-electron chi connectivity index (χ3n) is 3.17. The minimum atomic E-state index is -3.71. The Bertz CT molecular complexity index is 598. The number of carbonyl (C=O) groups is 2. The summed E-state index contributed by atoms with van der Waals surface area (Å²) in [6, 6.07) is 2.25. The number of nitrogens with one attached hydrogen (secondary N) is 2. The van der Waals surface area contributed by atoms with Gasteiger partial charge in [-0.25, -0.2) is 17.9 Å². The lowest BCUT2D eigenvalue weighted by Gasteiger charge is -2.21. The Balaban J connectivity index is 2.63. The van der Waals surface area contributed by atoms with Crippen LogP contribution >= 0.6 is 11.3 Å². The smallest absolute Gasteiger partial charge is 0.328 e. The molecule has 0 aromatic carbocycles. The lowest BCUT2D eigenvalue weighted by molar-refractivity contribution is -0.146. The maximum Gasteiger partial charge on any atom is 0.328 e. The lowest BCUT2D eigenvalue weighted by atomic mass is 9.99. The van der Waals surface area contributed by atoms with Crippen LogP contribution in [-0.2, 0) is 24.3 Å². The summed E-state index contributed by atoms with van der Waals surface area (Å²) in [6.07, 6.45) is 0.668. The second-order valence-corrected chi connectivity index (χ2v) is 7.65. The summed E-state index contributed by atoms with van der Waals surface area (Å²) in [7, 11) is -2.47. The monoisotopic (exact) mass is 348 g/mol. The molecular formula is C13H20N2O5S2. The Labute approximate surface area is 134 Å². The number of esters is 1. The molecule has 2 atom stereocenters. The number of ether oxygens (including phenoxy) is 1. The van der Waals surface area contributed by atoms with Gasteiger partial charge in [0.05, 0.1) is 13.7 Å². The third kappa shape index (κ3) is 5.08. The van der Waals surface area contributed by atoms with Crippen LogP contribution < -0.4 is 10.0 Å². The summed E-state index contributed by atoms with van der Waals surface area (Å²) in [6.45, 7) is 3.24. The van der Waals surface area contributed by atoms with Gasteiger partial charge >= 0.3 is 5.97 Å². The van der Waals surface area contributed by atoms with Crippen LogP contribution in [-0.4, -0.2) is 40.0 Å². The van der Waals surface area contributed by atoms with E-state index in [1.165, 1.54) is 13.2 Å².